The van der Waals surface area contributed by atoms with Crippen molar-refractivity contribution >= 4 is 5.91 Å². The molecule has 1 atom stereocenters. The molecule has 1 aliphatic heterocycles. The number of amides is 1. The number of rotatable bonds is 4. The molecule has 1 aliphatic rings. The summed E-state index contributed by atoms with van der Waals surface area (Å²) in [7, 11) is 0. The third-order valence-electron chi connectivity index (χ3n) is 3.54. The Bertz CT molecular complexity index is 430. The number of carbonyl (C=O) groups excluding carboxylic acids is 1. The van der Waals surface area contributed by atoms with Crippen LogP contribution in [0, 0.1) is 13.8 Å². The Kier molecular flexibility index (Phi) is 4.46. The summed E-state index contributed by atoms with van der Waals surface area (Å²) in [5.74, 6) is 0.941. The topological polar surface area (TPSA) is 29.5 Å². The molecule has 1 saturated heterocycles. The molecule has 1 amide bonds. The fraction of sp³-hybridized carbons (Fsp3) is 0.562. The minimum atomic E-state index is -0.348. The van der Waals surface area contributed by atoms with Gasteiger partial charge in [0.15, 0.2) is 6.10 Å². The first-order valence-electron chi connectivity index (χ1n) is 7.14. The molecule has 1 unspecified atom stereocenters. The van der Waals surface area contributed by atoms with Crippen molar-refractivity contribution in [1.29, 1.82) is 0 Å². The molecule has 3 nitrogen and oxygen atoms in total. The second-order valence-electron chi connectivity index (χ2n) is 5.37. The summed E-state index contributed by atoms with van der Waals surface area (Å²) in [5, 5.41) is 0. The maximum absolute atomic E-state index is 12.4. The summed E-state index contributed by atoms with van der Waals surface area (Å²) >= 11 is 0. The fourth-order valence-corrected chi connectivity index (χ4v) is 2.61. The Morgan fingerprint density at radius 1 is 1.21 bits per heavy atom. The highest BCUT2D eigenvalue weighted by Gasteiger charge is 2.26. The third kappa shape index (κ3) is 3.49. The summed E-state index contributed by atoms with van der Waals surface area (Å²) in [6.45, 7) is 7.85. The molecule has 0 spiro atoms. The van der Waals surface area contributed by atoms with Gasteiger partial charge in [-0.15, -0.1) is 0 Å². The predicted octanol–water partition coefficient (Wildman–Crippen LogP) is 3.08. The minimum Gasteiger partial charge on any atom is -0.481 e. The highest BCUT2D eigenvalue weighted by Crippen LogP contribution is 2.20. The lowest BCUT2D eigenvalue weighted by atomic mass is 10.1. The van der Waals surface area contributed by atoms with Gasteiger partial charge in [-0.25, -0.2) is 0 Å². The summed E-state index contributed by atoms with van der Waals surface area (Å²) in [6.07, 6.45) is 2.60. The van der Waals surface area contributed by atoms with Gasteiger partial charge in [0.25, 0.3) is 5.91 Å². The highest BCUT2D eigenvalue weighted by atomic mass is 16.5. The first kappa shape index (κ1) is 13.9. The first-order valence-corrected chi connectivity index (χ1v) is 7.14. The molecule has 0 N–H and O–H groups in total. The largest absolute Gasteiger partial charge is 0.481 e. The van der Waals surface area contributed by atoms with Gasteiger partial charge in [0.2, 0.25) is 0 Å². The van der Waals surface area contributed by atoms with Crippen LogP contribution in [0.25, 0.3) is 0 Å². The number of ether oxygens (including phenoxy) is 1. The van der Waals surface area contributed by atoms with E-state index in [0.717, 1.165) is 31.7 Å². The van der Waals surface area contributed by atoms with Crippen LogP contribution in [-0.4, -0.2) is 30.0 Å². The predicted molar refractivity (Wildman–Crippen MR) is 76.4 cm³/mol. The quantitative estimate of drug-likeness (QED) is 0.833. The molecule has 1 aromatic rings. The summed E-state index contributed by atoms with van der Waals surface area (Å²) in [4.78, 5) is 14.3. The van der Waals surface area contributed by atoms with Crippen LogP contribution in [0.5, 0.6) is 5.75 Å². The number of nitrogens with zero attached hydrogens (tertiary/aromatic N) is 1. The smallest absolute Gasteiger partial charge is 0.263 e. The van der Waals surface area contributed by atoms with Gasteiger partial charge in [0.1, 0.15) is 5.75 Å². The van der Waals surface area contributed by atoms with Crippen LogP contribution in [0.4, 0.5) is 0 Å². The normalized spacial score (nSPS) is 16.5. The van der Waals surface area contributed by atoms with Gasteiger partial charge in [-0.2, -0.15) is 0 Å². The van der Waals surface area contributed by atoms with Gasteiger partial charge in [0, 0.05) is 13.1 Å². The molecule has 0 bridgehead atoms. The molecular weight excluding hydrogens is 238 g/mol. The SMILES string of the molecule is CCC(Oc1cc(C)cc(C)c1)C(=O)N1CCCC1. The zero-order chi connectivity index (χ0) is 13.8. The lowest BCUT2D eigenvalue weighted by molar-refractivity contribution is -0.137. The van der Waals surface area contributed by atoms with Crippen LogP contribution in [0.3, 0.4) is 0 Å². The van der Waals surface area contributed by atoms with Crippen molar-refractivity contribution in [3.05, 3.63) is 29.3 Å². The van der Waals surface area contributed by atoms with E-state index in [1.807, 2.05) is 37.8 Å². The molecule has 3 heteroatoms. The Labute approximate surface area is 115 Å². The number of aryl methyl sites for hydroxylation is 2. The van der Waals surface area contributed by atoms with E-state index in [1.165, 1.54) is 11.1 Å². The van der Waals surface area contributed by atoms with Crippen molar-refractivity contribution in [3.8, 4) is 5.75 Å². The van der Waals surface area contributed by atoms with Crippen LogP contribution >= 0.6 is 0 Å². The van der Waals surface area contributed by atoms with E-state index in [-0.39, 0.29) is 12.0 Å². The zero-order valence-corrected chi connectivity index (χ0v) is 12.1. The van der Waals surface area contributed by atoms with Crippen molar-refractivity contribution in [3.63, 3.8) is 0 Å². The van der Waals surface area contributed by atoms with Crippen molar-refractivity contribution in [2.45, 2.75) is 46.1 Å². The molecular formula is C16H23NO2. The molecule has 0 saturated carbocycles. The molecule has 0 aliphatic carbocycles. The highest BCUT2D eigenvalue weighted by molar-refractivity contribution is 5.81. The molecule has 0 radical (unpaired) electrons. The Balaban J connectivity index is 2.07. The second-order valence-corrected chi connectivity index (χ2v) is 5.37. The van der Waals surface area contributed by atoms with Crippen molar-refractivity contribution in [1.82, 2.24) is 4.90 Å². The number of carbonyl (C=O) groups is 1. The molecule has 19 heavy (non-hydrogen) atoms. The molecule has 104 valence electrons. The van der Waals surface area contributed by atoms with Crippen LogP contribution in [0.15, 0.2) is 18.2 Å². The molecule has 1 fully saturated rings. The van der Waals surface area contributed by atoms with E-state index >= 15 is 0 Å². The van der Waals surface area contributed by atoms with Crippen molar-refractivity contribution < 1.29 is 9.53 Å². The number of benzene rings is 1. The number of likely N-dealkylation sites (tertiary alicyclic amines) is 1. The van der Waals surface area contributed by atoms with Crippen LogP contribution in [0.2, 0.25) is 0 Å². The summed E-state index contributed by atoms with van der Waals surface area (Å²) in [6, 6.07) is 6.09. The van der Waals surface area contributed by atoms with E-state index in [1.54, 1.807) is 0 Å². The first-order chi connectivity index (χ1) is 9.10. The van der Waals surface area contributed by atoms with E-state index < -0.39 is 0 Å². The average molecular weight is 261 g/mol. The maximum atomic E-state index is 12.4. The van der Waals surface area contributed by atoms with Gasteiger partial charge in [0.05, 0.1) is 0 Å². The molecule has 1 aromatic carbocycles. The third-order valence-corrected chi connectivity index (χ3v) is 3.54. The van der Waals surface area contributed by atoms with Gasteiger partial charge >= 0.3 is 0 Å². The Hall–Kier alpha value is -1.51. The van der Waals surface area contributed by atoms with Crippen molar-refractivity contribution in [2.24, 2.45) is 0 Å². The minimum absolute atomic E-state index is 0.138. The lowest BCUT2D eigenvalue weighted by Gasteiger charge is -2.23. The van der Waals surface area contributed by atoms with Crippen LogP contribution < -0.4 is 4.74 Å². The average Bonchev–Trinajstić information content (AvgIpc) is 2.87. The van der Waals surface area contributed by atoms with E-state index in [9.17, 15) is 4.79 Å². The van der Waals surface area contributed by atoms with E-state index in [0.29, 0.717) is 6.42 Å². The Morgan fingerprint density at radius 3 is 2.32 bits per heavy atom. The number of hydrogen-bond donors (Lipinski definition) is 0. The lowest BCUT2D eigenvalue weighted by Crippen LogP contribution is -2.40. The van der Waals surface area contributed by atoms with Crippen LogP contribution in [0.1, 0.15) is 37.3 Å². The van der Waals surface area contributed by atoms with Crippen molar-refractivity contribution in [2.75, 3.05) is 13.1 Å². The van der Waals surface area contributed by atoms with E-state index in [2.05, 4.69) is 6.07 Å². The molecule has 1 heterocycles. The van der Waals surface area contributed by atoms with Gasteiger partial charge < -0.3 is 9.64 Å². The second kappa shape index (κ2) is 6.09. The monoisotopic (exact) mass is 261 g/mol. The zero-order valence-electron chi connectivity index (χ0n) is 12.1. The summed E-state index contributed by atoms with van der Waals surface area (Å²) in [5.41, 5.74) is 2.33. The molecule has 2 rings (SSSR count). The molecule has 0 aromatic heterocycles. The fourth-order valence-electron chi connectivity index (χ4n) is 2.61. The van der Waals surface area contributed by atoms with Gasteiger partial charge in [-0.3, -0.25) is 4.79 Å². The maximum Gasteiger partial charge on any atom is 0.263 e. The van der Waals surface area contributed by atoms with Gasteiger partial charge in [-0.05, 0) is 56.4 Å². The Morgan fingerprint density at radius 2 is 1.79 bits per heavy atom. The summed E-state index contributed by atoms with van der Waals surface area (Å²) < 4.78 is 5.91. The van der Waals surface area contributed by atoms with E-state index in [4.69, 9.17) is 4.74 Å². The van der Waals surface area contributed by atoms with Crippen LogP contribution in [-0.2, 0) is 4.79 Å². The standard InChI is InChI=1S/C16H23NO2/c1-4-15(16(18)17-7-5-6-8-17)19-14-10-12(2)9-13(3)11-14/h9-11,15H,4-8H2,1-3H3. The van der Waals surface area contributed by atoms with Gasteiger partial charge in [-0.1, -0.05) is 13.0 Å². The number of hydrogen-bond acceptors (Lipinski definition) is 2.